The summed E-state index contributed by atoms with van der Waals surface area (Å²) in [4.78, 5) is 14.4. The molecule has 0 bridgehead atoms. The lowest BCUT2D eigenvalue weighted by Gasteiger charge is -2.24. The van der Waals surface area contributed by atoms with E-state index in [2.05, 4.69) is 29.3 Å². The zero-order valence-corrected chi connectivity index (χ0v) is 14.9. The number of carbonyl (C=O) groups excluding carboxylic acids is 1. The minimum Gasteiger partial charge on any atom is -0.367 e. The first kappa shape index (κ1) is 16.9. The second kappa shape index (κ2) is 6.54. The number of rotatable bonds is 5. The molecular weight excluding hydrogens is 346 g/mol. The van der Waals surface area contributed by atoms with Crippen LogP contribution < -0.4 is 15.4 Å². The average Bonchev–Trinajstić information content (AvgIpc) is 3.12. The molecule has 128 valence electrons. The predicted molar refractivity (Wildman–Crippen MR) is 95.0 cm³/mol. The number of sulfonamides is 1. The molecule has 1 aliphatic rings. The number of anilines is 1. The highest BCUT2D eigenvalue weighted by Gasteiger charge is 2.25. The van der Waals surface area contributed by atoms with Crippen LogP contribution in [-0.2, 0) is 16.4 Å². The standard InChI is InChI=1S/C16H19N3O3S2/c1-11-8-12-4-2-3-5-14(12)19(11)7-6-18-16(20)13-9-15(23-10-13)24(17,21)22/h2-5,9-11H,6-8H2,1H3,(H,18,20)(H2,17,21,22). The first-order valence-corrected chi connectivity index (χ1v) is 10.0. The van der Waals surface area contributed by atoms with E-state index in [1.54, 1.807) is 0 Å². The summed E-state index contributed by atoms with van der Waals surface area (Å²) in [6.07, 6.45) is 1.01. The molecule has 2 heterocycles. The fourth-order valence-corrected chi connectivity index (χ4v) is 4.53. The zero-order chi connectivity index (χ0) is 17.3. The number of hydrogen-bond acceptors (Lipinski definition) is 5. The SMILES string of the molecule is CC1Cc2ccccc2N1CCNC(=O)c1csc(S(N)(=O)=O)c1. The molecule has 3 N–H and O–H groups in total. The molecule has 0 spiro atoms. The van der Waals surface area contributed by atoms with Crippen LogP contribution in [0.3, 0.4) is 0 Å². The Morgan fingerprint density at radius 3 is 2.88 bits per heavy atom. The minimum absolute atomic E-state index is 0.00487. The number of amides is 1. The average molecular weight is 365 g/mol. The molecule has 1 atom stereocenters. The van der Waals surface area contributed by atoms with Crippen molar-refractivity contribution in [2.45, 2.75) is 23.6 Å². The quantitative estimate of drug-likeness (QED) is 0.841. The third-order valence-corrected chi connectivity index (χ3v) is 6.49. The van der Waals surface area contributed by atoms with Crippen LogP contribution in [0.2, 0.25) is 0 Å². The molecule has 0 radical (unpaired) electrons. The van der Waals surface area contributed by atoms with Crippen molar-refractivity contribution >= 4 is 33.0 Å². The minimum atomic E-state index is -3.76. The Labute approximate surface area is 145 Å². The fraction of sp³-hybridized carbons (Fsp3) is 0.312. The van der Waals surface area contributed by atoms with Gasteiger partial charge < -0.3 is 10.2 Å². The van der Waals surface area contributed by atoms with Crippen LogP contribution >= 0.6 is 11.3 Å². The van der Waals surface area contributed by atoms with Crippen molar-refractivity contribution in [3.63, 3.8) is 0 Å². The number of benzene rings is 1. The third kappa shape index (κ3) is 3.45. The van der Waals surface area contributed by atoms with Crippen LogP contribution in [-0.4, -0.2) is 33.5 Å². The molecule has 6 nitrogen and oxygen atoms in total. The van der Waals surface area contributed by atoms with E-state index in [0.717, 1.165) is 17.8 Å². The van der Waals surface area contributed by atoms with Crippen LogP contribution in [0.5, 0.6) is 0 Å². The summed E-state index contributed by atoms with van der Waals surface area (Å²) in [5.41, 5.74) is 2.86. The molecule has 1 aromatic carbocycles. The Morgan fingerprint density at radius 2 is 2.17 bits per heavy atom. The second-order valence-electron chi connectivity index (χ2n) is 5.83. The summed E-state index contributed by atoms with van der Waals surface area (Å²) in [5.74, 6) is -0.290. The normalized spacial score (nSPS) is 16.9. The third-order valence-electron chi connectivity index (χ3n) is 4.10. The molecule has 0 saturated carbocycles. The van der Waals surface area contributed by atoms with Crippen LogP contribution in [0.1, 0.15) is 22.8 Å². The van der Waals surface area contributed by atoms with E-state index in [4.69, 9.17) is 5.14 Å². The largest absolute Gasteiger partial charge is 0.367 e. The fourth-order valence-electron chi connectivity index (χ4n) is 2.95. The summed E-state index contributed by atoms with van der Waals surface area (Å²) < 4.78 is 22.5. The Morgan fingerprint density at radius 1 is 1.42 bits per heavy atom. The number of nitrogens with one attached hydrogen (secondary N) is 1. The number of primary sulfonamides is 1. The van der Waals surface area contributed by atoms with Crippen LogP contribution in [0.15, 0.2) is 39.9 Å². The maximum absolute atomic E-state index is 12.1. The molecule has 1 unspecified atom stereocenters. The first-order chi connectivity index (χ1) is 11.4. The molecule has 0 fully saturated rings. The van der Waals surface area contributed by atoms with E-state index < -0.39 is 10.0 Å². The van der Waals surface area contributed by atoms with Gasteiger partial charge in [-0.3, -0.25) is 4.79 Å². The molecular formula is C16H19N3O3S2. The Hall–Kier alpha value is -1.90. The van der Waals surface area contributed by atoms with Crippen molar-refractivity contribution in [1.29, 1.82) is 0 Å². The van der Waals surface area contributed by atoms with E-state index in [-0.39, 0.29) is 10.1 Å². The van der Waals surface area contributed by atoms with Crippen LogP contribution in [0.25, 0.3) is 0 Å². The lowest BCUT2D eigenvalue weighted by Crippen LogP contribution is -2.37. The van der Waals surface area contributed by atoms with Crippen molar-refractivity contribution < 1.29 is 13.2 Å². The van der Waals surface area contributed by atoms with Gasteiger partial charge in [0.2, 0.25) is 10.0 Å². The number of thiophene rings is 1. The van der Waals surface area contributed by atoms with Gasteiger partial charge in [0, 0.05) is 30.2 Å². The summed E-state index contributed by atoms with van der Waals surface area (Å²) in [5, 5.41) is 9.39. The van der Waals surface area contributed by atoms with Crippen molar-refractivity contribution in [2.24, 2.45) is 5.14 Å². The lowest BCUT2D eigenvalue weighted by molar-refractivity contribution is 0.0955. The highest BCUT2D eigenvalue weighted by atomic mass is 32.2. The van der Waals surface area contributed by atoms with Gasteiger partial charge in [0.05, 0.1) is 5.56 Å². The van der Waals surface area contributed by atoms with E-state index in [9.17, 15) is 13.2 Å². The van der Waals surface area contributed by atoms with Gasteiger partial charge in [-0.15, -0.1) is 11.3 Å². The summed E-state index contributed by atoms with van der Waals surface area (Å²) in [6.45, 7) is 3.35. The molecule has 1 aliphatic heterocycles. The Bertz CT molecular complexity index is 861. The monoisotopic (exact) mass is 365 g/mol. The number of nitrogens with zero attached hydrogens (tertiary/aromatic N) is 1. The van der Waals surface area contributed by atoms with Crippen molar-refractivity contribution in [3.05, 3.63) is 46.8 Å². The van der Waals surface area contributed by atoms with Crippen molar-refractivity contribution in [2.75, 3.05) is 18.0 Å². The molecule has 0 aliphatic carbocycles. The van der Waals surface area contributed by atoms with Crippen LogP contribution in [0, 0.1) is 0 Å². The number of para-hydroxylation sites is 1. The van der Waals surface area contributed by atoms with E-state index in [0.29, 0.717) is 24.7 Å². The molecule has 8 heteroatoms. The van der Waals surface area contributed by atoms with E-state index in [1.165, 1.54) is 22.7 Å². The van der Waals surface area contributed by atoms with Crippen molar-refractivity contribution in [3.8, 4) is 0 Å². The number of hydrogen-bond donors (Lipinski definition) is 2. The zero-order valence-electron chi connectivity index (χ0n) is 13.2. The number of fused-ring (bicyclic) bond motifs is 1. The second-order valence-corrected chi connectivity index (χ2v) is 8.53. The molecule has 1 amide bonds. The van der Waals surface area contributed by atoms with Gasteiger partial charge in [-0.1, -0.05) is 18.2 Å². The van der Waals surface area contributed by atoms with E-state index >= 15 is 0 Å². The van der Waals surface area contributed by atoms with Gasteiger partial charge in [-0.25, -0.2) is 13.6 Å². The van der Waals surface area contributed by atoms with E-state index in [1.807, 2.05) is 12.1 Å². The first-order valence-electron chi connectivity index (χ1n) is 7.60. The molecule has 0 saturated heterocycles. The maximum atomic E-state index is 12.1. The smallest absolute Gasteiger partial charge is 0.252 e. The number of carbonyl (C=O) groups is 1. The Balaban J connectivity index is 1.59. The summed E-state index contributed by atoms with van der Waals surface area (Å²) >= 11 is 0.950. The topological polar surface area (TPSA) is 92.5 Å². The van der Waals surface area contributed by atoms with Crippen molar-refractivity contribution in [1.82, 2.24) is 5.32 Å². The summed E-state index contributed by atoms with van der Waals surface area (Å²) in [7, 11) is -3.76. The van der Waals surface area contributed by atoms with Gasteiger partial charge in [-0.05, 0) is 31.0 Å². The lowest BCUT2D eigenvalue weighted by atomic mass is 10.1. The molecule has 1 aromatic heterocycles. The molecule has 3 rings (SSSR count). The molecule has 24 heavy (non-hydrogen) atoms. The summed E-state index contributed by atoms with van der Waals surface area (Å²) in [6, 6.07) is 9.99. The highest BCUT2D eigenvalue weighted by Crippen LogP contribution is 2.31. The van der Waals surface area contributed by atoms with Gasteiger partial charge in [0.15, 0.2) is 0 Å². The Kier molecular flexibility index (Phi) is 4.62. The van der Waals surface area contributed by atoms with Gasteiger partial charge in [0.1, 0.15) is 4.21 Å². The predicted octanol–water partition coefficient (Wildman–Crippen LogP) is 1.58. The molecule has 2 aromatic rings. The maximum Gasteiger partial charge on any atom is 0.252 e. The van der Waals surface area contributed by atoms with Crippen LogP contribution in [0.4, 0.5) is 5.69 Å². The van der Waals surface area contributed by atoms with Gasteiger partial charge in [-0.2, -0.15) is 0 Å². The van der Waals surface area contributed by atoms with Gasteiger partial charge in [0.25, 0.3) is 5.91 Å². The number of nitrogens with two attached hydrogens (primary N) is 1. The van der Waals surface area contributed by atoms with Gasteiger partial charge >= 0.3 is 0 Å². The highest BCUT2D eigenvalue weighted by molar-refractivity contribution is 7.91.